The molecular formula is C27H38O2Si. The Hall–Kier alpha value is -1.86. The molecule has 3 heteroatoms. The molecule has 0 amide bonds. The summed E-state index contributed by atoms with van der Waals surface area (Å²) >= 11 is 0. The Bertz CT molecular complexity index is 745. The Balaban J connectivity index is 2.20. The number of hydrogen-bond donors (Lipinski definition) is 1. The minimum atomic E-state index is -2.76. The molecule has 0 fully saturated rings. The summed E-state index contributed by atoms with van der Waals surface area (Å²) in [6.45, 7) is 8.85. The first-order valence-corrected chi connectivity index (χ1v) is 13.3. The van der Waals surface area contributed by atoms with Crippen LogP contribution in [0.25, 0.3) is 0 Å². The third-order valence-corrected chi connectivity index (χ3v) is 10.6. The van der Waals surface area contributed by atoms with Crippen molar-refractivity contribution in [2.45, 2.75) is 84.0 Å². The van der Waals surface area contributed by atoms with Crippen LogP contribution in [-0.4, -0.2) is 19.7 Å². The van der Waals surface area contributed by atoms with Gasteiger partial charge in [0, 0.05) is 6.42 Å². The molecule has 1 atom stereocenters. The van der Waals surface area contributed by atoms with Gasteiger partial charge in [0.1, 0.15) is 0 Å². The highest BCUT2D eigenvalue weighted by Gasteiger charge is 2.51. The van der Waals surface area contributed by atoms with Crippen LogP contribution in [0, 0.1) is 11.8 Å². The van der Waals surface area contributed by atoms with Crippen LogP contribution in [0.1, 0.15) is 72.6 Å². The van der Waals surface area contributed by atoms with Crippen LogP contribution in [0.5, 0.6) is 0 Å². The van der Waals surface area contributed by atoms with Crippen molar-refractivity contribution < 1.29 is 9.53 Å². The monoisotopic (exact) mass is 422 g/mol. The molecule has 0 radical (unpaired) electrons. The van der Waals surface area contributed by atoms with Crippen LogP contribution in [0.2, 0.25) is 5.04 Å². The van der Waals surface area contributed by atoms with E-state index in [0.717, 1.165) is 23.2 Å². The number of aliphatic hydroxyl groups is 1. The zero-order chi connectivity index (χ0) is 21.9. The van der Waals surface area contributed by atoms with E-state index < -0.39 is 14.6 Å². The van der Waals surface area contributed by atoms with E-state index >= 15 is 0 Å². The molecule has 1 N–H and O–H groups in total. The Labute approximate surface area is 184 Å². The Kier molecular flexibility index (Phi) is 9.85. The van der Waals surface area contributed by atoms with E-state index in [9.17, 15) is 5.11 Å². The van der Waals surface area contributed by atoms with Gasteiger partial charge in [-0.1, -0.05) is 126 Å². The number of benzene rings is 2. The van der Waals surface area contributed by atoms with Crippen molar-refractivity contribution in [3.05, 3.63) is 60.7 Å². The van der Waals surface area contributed by atoms with Crippen molar-refractivity contribution in [2.24, 2.45) is 0 Å². The second-order valence-electron chi connectivity index (χ2n) is 8.97. The van der Waals surface area contributed by atoms with E-state index in [0.29, 0.717) is 0 Å². The van der Waals surface area contributed by atoms with Gasteiger partial charge in [-0.05, 0) is 27.8 Å². The molecule has 0 aliphatic carbocycles. The smallest absolute Gasteiger partial charge is 0.265 e. The molecule has 0 aliphatic heterocycles. The summed E-state index contributed by atoms with van der Waals surface area (Å²) in [6, 6.07) is 20.7. The highest BCUT2D eigenvalue weighted by atomic mass is 28.4. The van der Waals surface area contributed by atoms with Gasteiger partial charge in [-0.3, -0.25) is 0 Å². The minimum absolute atomic E-state index is 0.169. The standard InChI is InChI=1S/C27H38O2Si/c1-5-6-7-8-9-10-11-18-23-26(28)29-30(27(2,3)4,24-19-14-12-15-20-24)25-21-16-13-17-22-25/h12-17,19-22,26,28H,5-11H2,1-4H3. The number of rotatable bonds is 10. The van der Waals surface area contributed by atoms with Crippen LogP contribution in [-0.2, 0) is 4.43 Å². The van der Waals surface area contributed by atoms with E-state index in [-0.39, 0.29) is 5.04 Å². The molecule has 2 rings (SSSR count). The molecule has 0 saturated heterocycles. The molecule has 0 heterocycles. The first-order valence-electron chi connectivity index (χ1n) is 11.4. The molecule has 0 saturated carbocycles. The second kappa shape index (κ2) is 12.1. The third-order valence-electron chi connectivity index (χ3n) is 5.59. The fourth-order valence-electron chi connectivity index (χ4n) is 4.04. The Morgan fingerprint density at radius 2 is 1.33 bits per heavy atom. The van der Waals surface area contributed by atoms with E-state index in [1.165, 1.54) is 32.1 Å². The molecule has 2 aromatic carbocycles. The highest BCUT2D eigenvalue weighted by Crippen LogP contribution is 2.37. The SMILES string of the molecule is CCCCCCCCC#CC(O)O[Si](c1ccccc1)(c1ccccc1)C(C)(C)C. The van der Waals surface area contributed by atoms with Gasteiger partial charge in [-0.2, -0.15) is 0 Å². The van der Waals surface area contributed by atoms with Crippen LogP contribution >= 0.6 is 0 Å². The molecular weight excluding hydrogens is 384 g/mol. The Morgan fingerprint density at radius 3 is 1.83 bits per heavy atom. The minimum Gasteiger partial charge on any atom is -0.373 e. The fraction of sp³-hybridized carbons (Fsp3) is 0.481. The van der Waals surface area contributed by atoms with Gasteiger partial charge in [0.05, 0.1) is 0 Å². The van der Waals surface area contributed by atoms with Gasteiger partial charge in [0.25, 0.3) is 8.32 Å². The molecule has 2 nitrogen and oxygen atoms in total. The fourth-order valence-corrected chi connectivity index (χ4v) is 8.45. The maximum atomic E-state index is 10.8. The van der Waals surface area contributed by atoms with Gasteiger partial charge in [-0.25, -0.2) is 0 Å². The van der Waals surface area contributed by atoms with Crippen molar-refractivity contribution in [3.63, 3.8) is 0 Å². The summed E-state index contributed by atoms with van der Waals surface area (Å²) in [4.78, 5) is 0. The maximum absolute atomic E-state index is 10.8. The summed E-state index contributed by atoms with van der Waals surface area (Å²) < 4.78 is 6.56. The zero-order valence-corrected chi connectivity index (χ0v) is 20.2. The summed E-state index contributed by atoms with van der Waals surface area (Å²) in [7, 11) is -2.76. The zero-order valence-electron chi connectivity index (χ0n) is 19.2. The summed E-state index contributed by atoms with van der Waals surface area (Å²) in [5.74, 6) is 6.12. The van der Waals surface area contributed by atoms with Crippen molar-refractivity contribution in [1.29, 1.82) is 0 Å². The van der Waals surface area contributed by atoms with E-state index in [2.05, 4.69) is 63.8 Å². The van der Waals surface area contributed by atoms with E-state index in [1.807, 2.05) is 36.4 Å². The first kappa shape index (κ1) is 24.4. The molecule has 1 unspecified atom stereocenters. The lowest BCUT2D eigenvalue weighted by molar-refractivity contribution is 0.0245. The Morgan fingerprint density at radius 1 is 0.833 bits per heavy atom. The average Bonchev–Trinajstić information content (AvgIpc) is 2.74. The topological polar surface area (TPSA) is 29.5 Å². The molecule has 0 aromatic heterocycles. The molecule has 162 valence electrons. The number of aliphatic hydroxyl groups excluding tert-OH is 1. The van der Waals surface area contributed by atoms with E-state index in [1.54, 1.807) is 0 Å². The van der Waals surface area contributed by atoms with Crippen molar-refractivity contribution in [2.75, 3.05) is 0 Å². The summed E-state index contributed by atoms with van der Waals surface area (Å²) in [5.41, 5.74) is 0. The number of unbranched alkanes of at least 4 members (excludes halogenated alkanes) is 6. The van der Waals surface area contributed by atoms with E-state index in [4.69, 9.17) is 4.43 Å². The second-order valence-corrected chi connectivity index (χ2v) is 13.2. The quantitative estimate of drug-likeness (QED) is 0.232. The number of hydrogen-bond acceptors (Lipinski definition) is 2. The normalized spacial score (nSPS) is 12.8. The van der Waals surface area contributed by atoms with Gasteiger partial charge in [0.15, 0.2) is 0 Å². The lowest BCUT2D eigenvalue weighted by Crippen LogP contribution is -2.67. The van der Waals surface area contributed by atoms with Crippen LogP contribution in [0.4, 0.5) is 0 Å². The summed E-state index contributed by atoms with van der Waals surface area (Å²) in [6.07, 6.45) is 7.19. The van der Waals surface area contributed by atoms with Crippen molar-refractivity contribution >= 4 is 18.7 Å². The molecule has 0 spiro atoms. The summed E-state index contributed by atoms with van der Waals surface area (Å²) in [5, 5.41) is 12.9. The first-order chi connectivity index (χ1) is 14.4. The maximum Gasteiger partial charge on any atom is 0.265 e. The van der Waals surface area contributed by atoms with Gasteiger partial charge in [-0.15, -0.1) is 0 Å². The van der Waals surface area contributed by atoms with Crippen molar-refractivity contribution in [3.8, 4) is 11.8 Å². The molecule has 0 bridgehead atoms. The van der Waals surface area contributed by atoms with Crippen LogP contribution in [0.15, 0.2) is 60.7 Å². The van der Waals surface area contributed by atoms with Gasteiger partial charge < -0.3 is 9.53 Å². The predicted octanol–water partition coefficient (Wildman–Crippen LogP) is 5.64. The van der Waals surface area contributed by atoms with Crippen molar-refractivity contribution in [1.82, 2.24) is 0 Å². The van der Waals surface area contributed by atoms with Crippen LogP contribution < -0.4 is 10.4 Å². The highest BCUT2D eigenvalue weighted by molar-refractivity contribution is 6.99. The predicted molar refractivity (Wildman–Crippen MR) is 130 cm³/mol. The molecule has 30 heavy (non-hydrogen) atoms. The average molecular weight is 423 g/mol. The lowest BCUT2D eigenvalue weighted by atomic mass is 10.1. The molecule has 0 aliphatic rings. The van der Waals surface area contributed by atoms with Gasteiger partial charge >= 0.3 is 0 Å². The molecule has 2 aromatic rings. The van der Waals surface area contributed by atoms with Crippen LogP contribution in [0.3, 0.4) is 0 Å². The van der Waals surface area contributed by atoms with Gasteiger partial charge in [0.2, 0.25) is 6.29 Å². The lowest BCUT2D eigenvalue weighted by Gasteiger charge is -2.43. The third kappa shape index (κ3) is 6.57. The largest absolute Gasteiger partial charge is 0.373 e.